The van der Waals surface area contributed by atoms with Gasteiger partial charge in [0, 0.05) is 44.2 Å². The summed E-state index contributed by atoms with van der Waals surface area (Å²) < 4.78 is 5.23. The monoisotopic (exact) mass is 321 g/mol. The minimum atomic E-state index is -0.00823. The smallest absolute Gasteiger partial charge is 0.273 e. The van der Waals surface area contributed by atoms with Crippen LogP contribution in [0.25, 0.3) is 0 Å². The van der Waals surface area contributed by atoms with Crippen LogP contribution in [0.5, 0.6) is 0 Å². The zero-order valence-electron chi connectivity index (χ0n) is 12.5. The molecule has 0 unspecified atom stereocenters. The van der Waals surface area contributed by atoms with Gasteiger partial charge >= 0.3 is 0 Å². The van der Waals surface area contributed by atoms with Crippen LogP contribution in [-0.4, -0.2) is 52.0 Å². The average molecular weight is 321 g/mol. The number of hydrogen-bond donors (Lipinski definition) is 1. The molecule has 0 bridgehead atoms. The van der Waals surface area contributed by atoms with E-state index in [4.69, 9.17) is 10.3 Å². The third kappa shape index (κ3) is 3.34. The first-order valence-electron chi connectivity index (χ1n) is 7.24. The molecule has 3 rings (SSSR count). The number of hydrogen-bond acceptors (Lipinski definition) is 7. The Labute approximate surface area is 132 Å². The Morgan fingerprint density at radius 3 is 2.77 bits per heavy atom. The standard InChI is InChI=1S/C14H19N5O2S/c1-10-6-11(21-17-10)8-18-2-4-19(5-3-18)14(20)12-9-22-13(7-15)16-12/h6,9H,2-5,7-8,15H2,1H3. The van der Waals surface area contributed by atoms with E-state index in [2.05, 4.69) is 15.0 Å². The molecule has 8 heteroatoms. The van der Waals surface area contributed by atoms with Crippen molar-refractivity contribution in [3.8, 4) is 0 Å². The molecule has 0 saturated carbocycles. The van der Waals surface area contributed by atoms with Crippen LogP contribution in [0.2, 0.25) is 0 Å². The Hall–Kier alpha value is -1.77. The molecule has 0 radical (unpaired) electrons. The van der Waals surface area contributed by atoms with E-state index in [0.29, 0.717) is 25.3 Å². The van der Waals surface area contributed by atoms with Gasteiger partial charge in [0.2, 0.25) is 0 Å². The Morgan fingerprint density at radius 1 is 1.41 bits per heavy atom. The number of thiazole rings is 1. The first-order chi connectivity index (χ1) is 10.7. The fourth-order valence-electron chi connectivity index (χ4n) is 2.49. The van der Waals surface area contributed by atoms with E-state index < -0.39 is 0 Å². The lowest BCUT2D eigenvalue weighted by Crippen LogP contribution is -2.48. The fourth-order valence-corrected chi connectivity index (χ4v) is 3.13. The first kappa shape index (κ1) is 15.1. The number of nitrogens with two attached hydrogens (primary N) is 1. The number of carbonyl (C=O) groups is 1. The minimum Gasteiger partial charge on any atom is -0.360 e. The molecule has 22 heavy (non-hydrogen) atoms. The Morgan fingerprint density at radius 2 is 2.18 bits per heavy atom. The van der Waals surface area contributed by atoms with Gasteiger partial charge < -0.3 is 15.2 Å². The zero-order chi connectivity index (χ0) is 15.5. The van der Waals surface area contributed by atoms with Crippen LogP contribution in [0.15, 0.2) is 16.0 Å². The summed E-state index contributed by atoms with van der Waals surface area (Å²) in [5.74, 6) is 0.857. The summed E-state index contributed by atoms with van der Waals surface area (Å²) in [6.07, 6.45) is 0. The normalized spacial score (nSPS) is 16.2. The van der Waals surface area contributed by atoms with Crippen molar-refractivity contribution in [2.45, 2.75) is 20.0 Å². The topological polar surface area (TPSA) is 88.5 Å². The van der Waals surface area contributed by atoms with Gasteiger partial charge in [0.05, 0.1) is 12.2 Å². The maximum Gasteiger partial charge on any atom is 0.273 e. The molecule has 3 heterocycles. The predicted molar refractivity (Wildman–Crippen MR) is 82.4 cm³/mol. The molecule has 2 aromatic heterocycles. The lowest BCUT2D eigenvalue weighted by Gasteiger charge is -2.33. The molecule has 1 aliphatic rings. The van der Waals surface area contributed by atoms with Crippen molar-refractivity contribution < 1.29 is 9.32 Å². The van der Waals surface area contributed by atoms with E-state index >= 15 is 0 Å². The van der Waals surface area contributed by atoms with E-state index in [-0.39, 0.29) is 5.91 Å². The lowest BCUT2D eigenvalue weighted by molar-refractivity contribution is 0.0612. The van der Waals surface area contributed by atoms with E-state index in [1.165, 1.54) is 11.3 Å². The molecule has 0 aliphatic carbocycles. The lowest BCUT2D eigenvalue weighted by atomic mass is 10.2. The molecule has 1 aliphatic heterocycles. The molecule has 1 fully saturated rings. The second kappa shape index (κ2) is 6.55. The number of aryl methyl sites for hydroxylation is 1. The zero-order valence-corrected chi connectivity index (χ0v) is 13.3. The molecule has 118 valence electrons. The number of rotatable bonds is 4. The maximum atomic E-state index is 12.4. The summed E-state index contributed by atoms with van der Waals surface area (Å²) in [5, 5.41) is 6.47. The highest BCUT2D eigenvalue weighted by Crippen LogP contribution is 2.14. The third-order valence-electron chi connectivity index (χ3n) is 3.66. The number of piperazine rings is 1. The van der Waals surface area contributed by atoms with E-state index in [1.807, 2.05) is 17.9 Å². The molecule has 7 nitrogen and oxygen atoms in total. The van der Waals surface area contributed by atoms with Gasteiger partial charge in [-0.15, -0.1) is 11.3 Å². The summed E-state index contributed by atoms with van der Waals surface area (Å²) >= 11 is 1.43. The van der Waals surface area contributed by atoms with Crippen molar-refractivity contribution in [3.05, 3.63) is 33.6 Å². The predicted octanol–water partition coefficient (Wildman–Crippen LogP) is 0.856. The molecule has 0 atom stereocenters. The van der Waals surface area contributed by atoms with Crippen molar-refractivity contribution in [1.29, 1.82) is 0 Å². The van der Waals surface area contributed by atoms with Gasteiger partial charge in [0.1, 0.15) is 10.7 Å². The molecule has 1 amide bonds. The van der Waals surface area contributed by atoms with Gasteiger partial charge in [0.25, 0.3) is 5.91 Å². The van der Waals surface area contributed by atoms with E-state index in [9.17, 15) is 4.79 Å². The van der Waals surface area contributed by atoms with Crippen molar-refractivity contribution in [2.75, 3.05) is 26.2 Å². The summed E-state index contributed by atoms with van der Waals surface area (Å²) in [6.45, 7) is 6.05. The average Bonchev–Trinajstić information content (AvgIpc) is 3.16. The van der Waals surface area contributed by atoms with Gasteiger partial charge in [-0.05, 0) is 6.92 Å². The Balaban J connectivity index is 1.53. The molecular weight excluding hydrogens is 302 g/mol. The highest BCUT2D eigenvalue weighted by Gasteiger charge is 2.24. The van der Waals surface area contributed by atoms with Crippen molar-refractivity contribution >= 4 is 17.2 Å². The second-order valence-corrected chi connectivity index (χ2v) is 6.28. The van der Waals surface area contributed by atoms with Gasteiger partial charge in [0.15, 0.2) is 5.76 Å². The van der Waals surface area contributed by atoms with Gasteiger partial charge in [-0.2, -0.15) is 0 Å². The summed E-state index contributed by atoms with van der Waals surface area (Å²) in [5.41, 5.74) is 6.93. The SMILES string of the molecule is Cc1cc(CN2CCN(C(=O)c3csc(CN)n3)CC2)on1. The third-order valence-corrected chi connectivity index (χ3v) is 4.53. The molecule has 0 aromatic carbocycles. The summed E-state index contributed by atoms with van der Waals surface area (Å²) in [4.78, 5) is 20.7. The van der Waals surface area contributed by atoms with Crippen molar-refractivity contribution in [1.82, 2.24) is 19.9 Å². The second-order valence-electron chi connectivity index (χ2n) is 5.33. The van der Waals surface area contributed by atoms with Crippen LogP contribution >= 0.6 is 11.3 Å². The highest BCUT2D eigenvalue weighted by atomic mass is 32.1. The van der Waals surface area contributed by atoms with Crippen LogP contribution < -0.4 is 5.73 Å². The van der Waals surface area contributed by atoms with Crippen molar-refractivity contribution in [2.24, 2.45) is 5.73 Å². The van der Waals surface area contributed by atoms with Crippen LogP contribution in [0.1, 0.15) is 27.0 Å². The number of carbonyl (C=O) groups excluding carboxylic acids is 1. The molecule has 1 saturated heterocycles. The van der Waals surface area contributed by atoms with Gasteiger partial charge in [-0.3, -0.25) is 9.69 Å². The number of aromatic nitrogens is 2. The molecular formula is C14H19N5O2S. The number of amides is 1. The van der Waals surface area contributed by atoms with E-state index in [1.54, 1.807) is 5.38 Å². The first-order valence-corrected chi connectivity index (χ1v) is 8.12. The van der Waals surface area contributed by atoms with Crippen LogP contribution in [-0.2, 0) is 13.1 Å². The number of nitrogens with zero attached hydrogens (tertiary/aromatic N) is 4. The van der Waals surface area contributed by atoms with Crippen LogP contribution in [0.3, 0.4) is 0 Å². The van der Waals surface area contributed by atoms with Crippen LogP contribution in [0.4, 0.5) is 0 Å². The minimum absolute atomic E-state index is 0.00823. The Kier molecular flexibility index (Phi) is 4.51. The summed E-state index contributed by atoms with van der Waals surface area (Å²) in [7, 11) is 0. The van der Waals surface area contributed by atoms with Gasteiger partial charge in [-0.25, -0.2) is 4.98 Å². The molecule has 0 spiro atoms. The van der Waals surface area contributed by atoms with E-state index in [0.717, 1.165) is 36.1 Å². The highest BCUT2D eigenvalue weighted by molar-refractivity contribution is 7.09. The fraction of sp³-hybridized carbons (Fsp3) is 0.500. The quantitative estimate of drug-likeness (QED) is 0.898. The van der Waals surface area contributed by atoms with Gasteiger partial charge in [-0.1, -0.05) is 5.16 Å². The van der Waals surface area contributed by atoms with Crippen molar-refractivity contribution in [3.63, 3.8) is 0 Å². The summed E-state index contributed by atoms with van der Waals surface area (Å²) in [6, 6.07) is 1.95. The maximum absolute atomic E-state index is 12.4. The molecule has 2 N–H and O–H groups in total. The molecule has 2 aromatic rings. The Bertz CT molecular complexity index is 645. The largest absolute Gasteiger partial charge is 0.360 e. The van der Waals surface area contributed by atoms with Crippen LogP contribution in [0, 0.1) is 6.92 Å².